The molecule has 3 heteroatoms. The summed E-state index contributed by atoms with van der Waals surface area (Å²) in [5.74, 6) is 0. The van der Waals surface area contributed by atoms with Gasteiger partial charge in [-0.1, -0.05) is 152 Å². The van der Waals surface area contributed by atoms with Gasteiger partial charge in [0.25, 0.3) is 0 Å². The third kappa shape index (κ3) is 6.18. The highest BCUT2D eigenvalue weighted by Crippen LogP contribution is 2.46. The second kappa shape index (κ2) is 14.5. The van der Waals surface area contributed by atoms with E-state index in [1.807, 2.05) is 23.5 Å². The summed E-state index contributed by atoms with van der Waals surface area (Å²) in [7, 11) is 0. The highest BCUT2D eigenvalue weighted by molar-refractivity contribution is 7.25. The fourth-order valence-electron chi connectivity index (χ4n) is 9.08. The molecule has 0 radical (unpaired) electrons. The fourth-order valence-corrected chi connectivity index (χ4v) is 10.2. The van der Waals surface area contributed by atoms with Gasteiger partial charge in [0.2, 0.25) is 0 Å². The molecule has 0 amide bonds. The molecule has 286 valence electrons. The summed E-state index contributed by atoms with van der Waals surface area (Å²) in [4.78, 5) is 2.41. The van der Waals surface area contributed by atoms with Crippen molar-refractivity contribution in [2.45, 2.75) is 0 Å². The minimum atomic E-state index is 0.904. The SMILES string of the molecule is c1cc(-c2ccc(N(c3ccc(-c4ccc5oc6ccccc6c5c4)cc3)c3ccccc3-c3cccc4sc5ccccc5c34)cc2)cc(-c2ccc3ccccc3c2)c1. The lowest BCUT2D eigenvalue weighted by atomic mass is 9.96. The summed E-state index contributed by atoms with van der Waals surface area (Å²) in [5.41, 5.74) is 14.6. The Morgan fingerprint density at radius 1 is 0.328 bits per heavy atom. The Balaban J connectivity index is 0.971. The highest BCUT2D eigenvalue weighted by atomic mass is 32.1. The van der Waals surface area contributed by atoms with E-state index in [0.29, 0.717) is 0 Å². The number of hydrogen-bond donors (Lipinski definition) is 0. The van der Waals surface area contributed by atoms with Gasteiger partial charge in [0.15, 0.2) is 0 Å². The number of anilines is 3. The first kappa shape index (κ1) is 35.2. The standard InChI is InChI=1S/C58H37NOS/c1-2-12-41-36-44(24-23-38(41)11-1)43-14-9-13-42(35-43)39-25-30-46(31-26-39)59(47-32-27-40(28-33-47)45-29-34-55-52(37-45)49-16-4-7-20-54(49)60-55)53-19-6-3-15-48(53)50-18-10-22-57-58(50)51-17-5-8-21-56(51)61-57/h1-37H. The third-order valence-electron chi connectivity index (χ3n) is 12.1. The number of hydrogen-bond acceptors (Lipinski definition) is 3. The van der Waals surface area contributed by atoms with Gasteiger partial charge in [-0.2, -0.15) is 0 Å². The first-order valence-electron chi connectivity index (χ1n) is 20.7. The van der Waals surface area contributed by atoms with Gasteiger partial charge in [-0.15, -0.1) is 11.3 Å². The average molecular weight is 796 g/mol. The van der Waals surface area contributed by atoms with Gasteiger partial charge in [-0.25, -0.2) is 0 Å². The van der Waals surface area contributed by atoms with Crippen molar-refractivity contribution in [1.82, 2.24) is 0 Å². The van der Waals surface area contributed by atoms with Crippen LogP contribution < -0.4 is 4.90 Å². The summed E-state index contributed by atoms with van der Waals surface area (Å²) in [6.45, 7) is 0. The van der Waals surface area contributed by atoms with Crippen molar-refractivity contribution >= 4 is 81.3 Å². The van der Waals surface area contributed by atoms with Gasteiger partial charge in [0.1, 0.15) is 11.2 Å². The molecule has 0 fully saturated rings. The number of thiophene rings is 1. The lowest BCUT2D eigenvalue weighted by molar-refractivity contribution is 0.669. The van der Waals surface area contributed by atoms with Gasteiger partial charge in [-0.3, -0.25) is 0 Å². The van der Waals surface area contributed by atoms with E-state index in [9.17, 15) is 0 Å². The highest BCUT2D eigenvalue weighted by Gasteiger charge is 2.20. The number of fused-ring (bicyclic) bond motifs is 7. The molecule has 12 aromatic rings. The van der Waals surface area contributed by atoms with Crippen molar-refractivity contribution in [3.05, 3.63) is 224 Å². The van der Waals surface area contributed by atoms with E-state index in [2.05, 4.69) is 217 Å². The van der Waals surface area contributed by atoms with Crippen LogP contribution in [0.4, 0.5) is 17.1 Å². The predicted octanol–water partition coefficient (Wildman–Crippen LogP) is 17.2. The summed E-state index contributed by atoms with van der Waals surface area (Å²) in [6, 6.07) is 81.3. The van der Waals surface area contributed by atoms with Crippen molar-refractivity contribution in [1.29, 1.82) is 0 Å². The molecule has 0 saturated heterocycles. The van der Waals surface area contributed by atoms with Crippen LogP contribution >= 0.6 is 11.3 Å². The molecule has 2 nitrogen and oxygen atoms in total. The third-order valence-corrected chi connectivity index (χ3v) is 13.2. The van der Waals surface area contributed by atoms with Crippen LogP contribution in [-0.4, -0.2) is 0 Å². The van der Waals surface area contributed by atoms with E-state index in [0.717, 1.165) is 50.1 Å². The molecule has 0 N–H and O–H groups in total. The Morgan fingerprint density at radius 2 is 0.885 bits per heavy atom. The second-order valence-electron chi connectivity index (χ2n) is 15.7. The lowest BCUT2D eigenvalue weighted by Crippen LogP contribution is -2.11. The molecule has 12 rings (SSSR count). The van der Waals surface area contributed by atoms with E-state index in [1.54, 1.807) is 0 Å². The minimum absolute atomic E-state index is 0.904. The zero-order valence-electron chi connectivity index (χ0n) is 33.1. The summed E-state index contributed by atoms with van der Waals surface area (Å²) in [5, 5.41) is 7.36. The molecule has 0 spiro atoms. The molecule has 0 aliphatic heterocycles. The molecule has 0 unspecified atom stereocenters. The van der Waals surface area contributed by atoms with Crippen LogP contribution in [0, 0.1) is 0 Å². The van der Waals surface area contributed by atoms with Crippen LogP contribution in [0.1, 0.15) is 0 Å². The van der Waals surface area contributed by atoms with E-state index in [-0.39, 0.29) is 0 Å². The summed E-state index contributed by atoms with van der Waals surface area (Å²) >= 11 is 1.86. The van der Waals surface area contributed by atoms with Crippen LogP contribution in [0.25, 0.3) is 97.4 Å². The molecule has 2 heterocycles. The van der Waals surface area contributed by atoms with E-state index in [1.165, 1.54) is 64.3 Å². The zero-order valence-corrected chi connectivity index (χ0v) is 33.9. The van der Waals surface area contributed by atoms with Crippen LogP contribution in [0.2, 0.25) is 0 Å². The lowest BCUT2D eigenvalue weighted by Gasteiger charge is -2.28. The molecule has 10 aromatic carbocycles. The molecule has 0 atom stereocenters. The number of rotatable bonds is 7. The Morgan fingerprint density at radius 3 is 1.70 bits per heavy atom. The quantitative estimate of drug-likeness (QED) is 0.160. The molecular formula is C58H37NOS. The van der Waals surface area contributed by atoms with E-state index < -0.39 is 0 Å². The van der Waals surface area contributed by atoms with Gasteiger partial charge >= 0.3 is 0 Å². The van der Waals surface area contributed by atoms with E-state index >= 15 is 0 Å². The number of para-hydroxylation sites is 2. The van der Waals surface area contributed by atoms with Crippen molar-refractivity contribution < 1.29 is 4.42 Å². The van der Waals surface area contributed by atoms with E-state index in [4.69, 9.17) is 4.42 Å². The van der Waals surface area contributed by atoms with Gasteiger partial charge in [0.05, 0.1) is 5.69 Å². The first-order chi connectivity index (χ1) is 30.2. The maximum atomic E-state index is 6.16. The second-order valence-corrected chi connectivity index (χ2v) is 16.8. The smallest absolute Gasteiger partial charge is 0.135 e. The average Bonchev–Trinajstić information content (AvgIpc) is 3.91. The fraction of sp³-hybridized carbons (Fsp3) is 0. The Kier molecular flexibility index (Phi) is 8.39. The topological polar surface area (TPSA) is 16.4 Å². The van der Waals surface area contributed by atoms with Gasteiger partial charge in [0, 0.05) is 47.9 Å². The molecule has 0 aliphatic carbocycles. The minimum Gasteiger partial charge on any atom is -0.456 e. The molecule has 61 heavy (non-hydrogen) atoms. The number of nitrogens with zero attached hydrogens (tertiary/aromatic N) is 1. The largest absolute Gasteiger partial charge is 0.456 e. The number of benzene rings is 10. The van der Waals surface area contributed by atoms with Gasteiger partial charge < -0.3 is 9.32 Å². The monoisotopic (exact) mass is 795 g/mol. The number of furan rings is 1. The van der Waals surface area contributed by atoms with Crippen molar-refractivity contribution in [3.63, 3.8) is 0 Å². The molecule has 0 bridgehead atoms. The maximum Gasteiger partial charge on any atom is 0.135 e. The normalized spacial score (nSPS) is 11.6. The molecule has 0 saturated carbocycles. The predicted molar refractivity (Wildman–Crippen MR) is 261 cm³/mol. The summed E-state index contributed by atoms with van der Waals surface area (Å²) < 4.78 is 8.75. The van der Waals surface area contributed by atoms with Crippen molar-refractivity contribution in [2.75, 3.05) is 4.90 Å². The first-order valence-corrected chi connectivity index (χ1v) is 21.5. The van der Waals surface area contributed by atoms with Crippen LogP contribution in [0.15, 0.2) is 229 Å². The molecular weight excluding hydrogens is 759 g/mol. The zero-order chi connectivity index (χ0) is 40.3. The Bertz CT molecular complexity index is 3590. The molecule has 0 aliphatic rings. The van der Waals surface area contributed by atoms with Crippen molar-refractivity contribution in [3.8, 4) is 44.5 Å². The Hall–Kier alpha value is -7.72. The van der Waals surface area contributed by atoms with Gasteiger partial charge in [-0.05, 0) is 123 Å². The van der Waals surface area contributed by atoms with Crippen LogP contribution in [0.3, 0.4) is 0 Å². The maximum absolute atomic E-state index is 6.16. The van der Waals surface area contributed by atoms with Crippen molar-refractivity contribution in [2.24, 2.45) is 0 Å². The Labute approximate surface area is 357 Å². The summed E-state index contributed by atoms with van der Waals surface area (Å²) in [6.07, 6.45) is 0. The van der Waals surface area contributed by atoms with Crippen LogP contribution in [-0.2, 0) is 0 Å². The molecule has 2 aromatic heterocycles. The van der Waals surface area contributed by atoms with Crippen LogP contribution in [0.5, 0.6) is 0 Å².